The Balaban J connectivity index is 4.62. The summed E-state index contributed by atoms with van der Waals surface area (Å²) in [5, 5.41) is 8.76. The Hall–Kier alpha value is -0.780. The zero-order valence-electron chi connectivity index (χ0n) is 12.6. The van der Waals surface area contributed by atoms with Gasteiger partial charge in [0.05, 0.1) is 13.2 Å². The average molecular weight is 274 g/mol. The zero-order chi connectivity index (χ0) is 15.1. The SMILES string of the molecule is CCC(C)(OCC(=O)C(C)(CC)OCCO)C(C)=O. The molecule has 0 spiro atoms. The van der Waals surface area contributed by atoms with Gasteiger partial charge in [-0.3, -0.25) is 9.59 Å². The smallest absolute Gasteiger partial charge is 0.189 e. The molecular weight excluding hydrogens is 248 g/mol. The topological polar surface area (TPSA) is 72.8 Å². The van der Waals surface area contributed by atoms with E-state index >= 15 is 0 Å². The highest BCUT2D eigenvalue weighted by atomic mass is 16.5. The van der Waals surface area contributed by atoms with Gasteiger partial charge >= 0.3 is 0 Å². The molecule has 0 aromatic carbocycles. The molecule has 0 aliphatic heterocycles. The first kappa shape index (κ1) is 18.2. The van der Waals surface area contributed by atoms with Crippen molar-refractivity contribution >= 4 is 11.6 Å². The van der Waals surface area contributed by atoms with E-state index < -0.39 is 11.2 Å². The fourth-order valence-electron chi connectivity index (χ4n) is 1.48. The molecule has 5 nitrogen and oxygen atoms in total. The van der Waals surface area contributed by atoms with Gasteiger partial charge in [-0.1, -0.05) is 13.8 Å². The van der Waals surface area contributed by atoms with Crippen LogP contribution in [0.5, 0.6) is 0 Å². The minimum Gasteiger partial charge on any atom is -0.394 e. The molecule has 2 unspecified atom stereocenters. The van der Waals surface area contributed by atoms with Crippen molar-refractivity contribution in [3.63, 3.8) is 0 Å². The Morgan fingerprint density at radius 2 is 1.58 bits per heavy atom. The number of hydrogen-bond acceptors (Lipinski definition) is 5. The Morgan fingerprint density at radius 3 is 1.95 bits per heavy atom. The van der Waals surface area contributed by atoms with Crippen LogP contribution in [0.4, 0.5) is 0 Å². The predicted octanol–water partition coefficient (Wildman–Crippen LogP) is 1.51. The largest absolute Gasteiger partial charge is 0.394 e. The minimum atomic E-state index is -0.978. The van der Waals surface area contributed by atoms with Crippen molar-refractivity contribution < 1.29 is 24.2 Å². The molecule has 0 rings (SSSR count). The summed E-state index contributed by atoms with van der Waals surface area (Å²) >= 11 is 0. The van der Waals surface area contributed by atoms with Crippen LogP contribution >= 0.6 is 0 Å². The van der Waals surface area contributed by atoms with Gasteiger partial charge in [0.15, 0.2) is 11.6 Å². The summed E-state index contributed by atoms with van der Waals surface area (Å²) in [5.41, 5.74) is -1.91. The van der Waals surface area contributed by atoms with Crippen molar-refractivity contribution in [3.05, 3.63) is 0 Å². The van der Waals surface area contributed by atoms with Gasteiger partial charge in [-0.15, -0.1) is 0 Å². The highest BCUT2D eigenvalue weighted by Gasteiger charge is 2.35. The van der Waals surface area contributed by atoms with Crippen LogP contribution in [0.15, 0.2) is 0 Å². The van der Waals surface area contributed by atoms with E-state index in [1.165, 1.54) is 6.92 Å². The predicted molar refractivity (Wildman–Crippen MR) is 72.1 cm³/mol. The quantitative estimate of drug-likeness (QED) is 0.653. The highest BCUT2D eigenvalue weighted by molar-refractivity contribution is 5.89. The molecule has 19 heavy (non-hydrogen) atoms. The molecular formula is C14H26O5. The summed E-state index contributed by atoms with van der Waals surface area (Å²) in [4.78, 5) is 23.6. The first-order valence-corrected chi connectivity index (χ1v) is 6.68. The van der Waals surface area contributed by atoms with Gasteiger partial charge in [0, 0.05) is 0 Å². The van der Waals surface area contributed by atoms with Crippen molar-refractivity contribution in [3.8, 4) is 0 Å². The summed E-state index contributed by atoms with van der Waals surface area (Å²) in [6, 6.07) is 0. The van der Waals surface area contributed by atoms with E-state index in [4.69, 9.17) is 14.6 Å². The fourth-order valence-corrected chi connectivity index (χ4v) is 1.48. The number of ketones is 2. The van der Waals surface area contributed by atoms with Gasteiger partial charge in [0.2, 0.25) is 0 Å². The first-order valence-electron chi connectivity index (χ1n) is 6.68. The molecule has 0 amide bonds. The molecule has 2 atom stereocenters. The van der Waals surface area contributed by atoms with Gasteiger partial charge in [0.25, 0.3) is 0 Å². The number of carbonyl (C=O) groups is 2. The Kier molecular flexibility index (Phi) is 7.41. The van der Waals surface area contributed by atoms with Crippen LogP contribution in [0.3, 0.4) is 0 Å². The lowest BCUT2D eigenvalue weighted by atomic mass is 9.96. The normalized spacial score (nSPS) is 17.6. The number of aliphatic hydroxyl groups is 1. The van der Waals surface area contributed by atoms with Crippen molar-refractivity contribution in [2.24, 2.45) is 0 Å². The van der Waals surface area contributed by atoms with Gasteiger partial charge < -0.3 is 14.6 Å². The standard InChI is InChI=1S/C14H26O5/c1-6-13(4,11(3)16)19-10-12(17)14(5,7-2)18-9-8-15/h15H,6-10H2,1-5H3. The number of rotatable bonds is 10. The number of ether oxygens (including phenoxy) is 2. The lowest BCUT2D eigenvalue weighted by Crippen LogP contribution is -2.45. The molecule has 0 saturated heterocycles. The van der Waals surface area contributed by atoms with E-state index in [-0.39, 0.29) is 31.4 Å². The second kappa shape index (κ2) is 7.72. The van der Waals surface area contributed by atoms with Crippen LogP contribution in [-0.2, 0) is 19.1 Å². The van der Waals surface area contributed by atoms with E-state index in [1.54, 1.807) is 13.8 Å². The van der Waals surface area contributed by atoms with Gasteiger partial charge in [0.1, 0.15) is 17.8 Å². The van der Waals surface area contributed by atoms with Crippen LogP contribution in [0.25, 0.3) is 0 Å². The zero-order valence-corrected chi connectivity index (χ0v) is 12.6. The molecule has 0 radical (unpaired) electrons. The molecule has 0 aliphatic carbocycles. The van der Waals surface area contributed by atoms with E-state index in [2.05, 4.69) is 0 Å². The second-order valence-electron chi connectivity index (χ2n) is 5.01. The molecule has 0 aromatic rings. The third kappa shape index (κ3) is 5.01. The summed E-state index contributed by atoms with van der Waals surface area (Å²) in [7, 11) is 0. The third-order valence-corrected chi connectivity index (χ3v) is 3.72. The number of hydrogen-bond donors (Lipinski definition) is 1. The first-order chi connectivity index (χ1) is 8.75. The van der Waals surface area contributed by atoms with E-state index in [1.807, 2.05) is 13.8 Å². The maximum Gasteiger partial charge on any atom is 0.189 e. The Bertz CT molecular complexity index is 315. The van der Waals surface area contributed by atoms with Gasteiger partial charge in [-0.25, -0.2) is 0 Å². The summed E-state index contributed by atoms with van der Waals surface area (Å²) in [6.07, 6.45) is 0.994. The van der Waals surface area contributed by atoms with E-state index in [0.717, 1.165) is 0 Å². The monoisotopic (exact) mass is 274 g/mol. The molecule has 112 valence electrons. The molecule has 0 heterocycles. The molecule has 1 N–H and O–H groups in total. The average Bonchev–Trinajstić information content (AvgIpc) is 2.41. The third-order valence-electron chi connectivity index (χ3n) is 3.72. The van der Waals surface area contributed by atoms with Crippen LogP contribution < -0.4 is 0 Å². The van der Waals surface area contributed by atoms with Crippen LogP contribution in [0.1, 0.15) is 47.5 Å². The van der Waals surface area contributed by atoms with E-state index in [0.29, 0.717) is 12.8 Å². The highest BCUT2D eigenvalue weighted by Crippen LogP contribution is 2.21. The number of aliphatic hydroxyl groups excluding tert-OH is 1. The Morgan fingerprint density at radius 1 is 1.05 bits per heavy atom. The van der Waals surface area contributed by atoms with Crippen LogP contribution in [0, 0.1) is 0 Å². The molecule has 0 saturated carbocycles. The minimum absolute atomic E-state index is 0.0997. The summed E-state index contributed by atoms with van der Waals surface area (Å²) in [5.74, 6) is -0.318. The molecule has 5 heteroatoms. The van der Waals surface area contributed by atoms with Gasteiger partial charge in [-0.2, -0.15) is 0 Å². The van der Waals surface area contributed by atoms with E-state index in [9.17, 15) is 9.59 Å². The maximum absolute atomic E-state index is 12.1. The lowest BCUT2D eigenvalue weighted by molar-refractivity contribution is -0.159. The fraction of sp³-hybridized carbons (Fsp3) is 0.857. The van der Waals surface area contributed by atoms with Crippen molar-refractivity contribution in [1.29, 1.82) is 0 Å². The van der Waals surface area contributed by atoms with Gasteiger partial charge in [-0.05, 0) is 33.6 Å². The number of Topliss-reactive ketones (excluding diaryl/α,β-unsaturated/α-hetero) is 2. The Labute approximate surface area is 115 Å². The maximum atomic E-state index is 12.1. The summed E-state index contributed by atoms with van der Waals surface area (Å²) in [6.45, 7) is 8.28. The van der Waals surface area contributed by atoms with Crippen LogP contribution in [-0.4, -0.2) is 47.7 Å². The molecule has 0 aromatic heterocycles. The summed E-state index contributed by atoms with van der Waals surface area (Å²) < 4.78 is 10.9. The van der Waals surface area contributed by atoms with Crippen LogP contribution in [0.2, 0.25) is 0 Å². The van der Waals surface area contributed by atoms with Crippen molar-refractivity contribution in [2.45, 2.75) is 58.7 Å². The second-order valence-corrected chi connectivity index (χ2v) is 5.01. The molecule has 0 bridgehead atoms. The molecule has 0 fully saturated rings. The number of carbonyl (C=O) groups excluding carboxylic acids is 2. The lowest BCUT2D eigenvalue weighted by Gasteiger charge is -2.30. The van der Waals surface area contributed by atoms with Crippen molar-refractivity contribution in [1.82, 2.24) is 0 Å². The molecule has 0 aliphatic rings. The van der Waals surface area contributed by atoms with Crippen molar-refractivity contribution in [2.75, 3.05) is 19.8 Å².